The number of hydrogen-bond acceptors (Lipinski definition) is 4. The number of anilines is 1. The summed E-state index contributed by atoms with van der Waals surface area (Å²) >= 11 is 5.69. The van der Waals surface area contributed by atoms with Crippen LogP contribution in [0.1, 0.15) is 17.2 Å². The first kappa shape index (κ1) is 16.2. The molecule has 0 fully saturated rings. The lowest BCUT2D eigenvalue weighted by Gasteiger charge is -2.18. The molecule has 0 aliphatic heterocycles. The van der Waals surface area contributed by atoms with Gasteiger partial charge in [-0.2, -0.15) is 5.26 Å². The van der Waals surface area contributed by atoms with Crippen molar-refractivity contribution in [2.24, 2.45) is 0 Å². The van der Waals surface area contributed by atoms with Gasteiger partial charge in [-0.15, -0.1) is 0 Å². The molecule has 0 aliphatic carbocycles. The van der Waals surface area contributed by atoms with Crippen LogP contribution >= 0.6 is 11.6 Å². The molecule has 2 N–H and O–H groups in total. The Morgan fingerprint density at radius 1 is 1.21 bits per heavy atom. The minimum Gasteiger partial charge on any atom is -0.394 e. The molecular formula is C18H13ClFN3O. The second-order valence-electron chi connectivity index (χ2n) is 5.27. The molecule has 0 radical (unpaired) electrons. The van der Waals surface area contributed by atoms with Crippen LogP contribution in [0.2, 0.25) is 5.02 Å². The third kappa shape index (κ3) is 3.30. The lowest BCUT2D eigenvalue weighted by molar-refractivity contribution is 0.276. The fraction of sp³-hybridized carbons (Fsp3) is 0.111. The third-order valence-electron chi connectivity index (χ3n) is 3.67. The van der Waals surface area contributed by atoms with Crippen LogP contribution in [-0.2, 0) is 0 Å². The number of nitrogens with zero attached hydrogens (tertiary/aromatic N) is 2. The summed E-state index contributed by atoms with van der Waals surface area (Å²) in [5.41, 5.74) is 1.86. The average molecular weight is 342 g/mol. The highest BCUT2D eigenvalue weighted by atomic mass is 35.5. The Bertz CT molecular complexity index is 939. The average Bonchev–Trinajstić information content (AvgIpc) is 2.61. The van der Waals surface area contributed by atoms with Crippen LogP contribution in [0.15, 0.2) is 48.5 Å². The molecule has 1 heterocycles. The Morgan fingerprint density at radius 3 is 2.75 bits per heavy atom. The molecule has 0 aliphatic rings. The number of hydrogen-bond donors (Lipinski definition) is 2. The van der Waals surface area contributed by atoms with Crippen LogP contribution in [0.25, 0.3) is 10.9 Å². The van der Waals surface area contributed by atoms with E-state index in [0.29, 0.717) is 16.9 Å². The SMILES string of the molecule is N#Cc1ccc2nc(N[C@@H](CO)c3ccc(Cl)c(F)c3)ccc2c1. The summed E-state index contributed by atoms with van der Waals surface area (Å²) in [6.07, 6.45) is 0. The molecule has 120 valence electrons. The monoisotopic (exact) mass is 341 g/mol. The largest absolute Gasteiger partial charge is 0.394 e. The molecule has 0 amide bonds. The summed E-state index contributed by atoms with van der Waals surface area (Å²) in [7, 11) is 0. The normalized spacial score (nSPS) is 11.9. The highest BCUT2D eigenvalue weighted by Crippen LogP contribution is 2.24. The van der Waals surface area contributed by atoms with Crippen LogP contribution in [0.3, 0.4) is 0 Å². The van der Waals surface area contributed by atoms with E-state index in [2.05, 4.69) is 16.4 Å². The number of aliphatic hydroxyl groups excluding tert-OH is 1. The first-order chi connectivity index (χ1) is 11.6. The van der Waals surface area contributed by atoms with Gasteiger partial charge in [-0.3, -0.25) is 0 Å². The number of pyridine rings is 1. The van der Waals surface area contributed by atoms with E-state index >= 15 is 0 Å². The van der Waals surface area contributed by atoms with Crippen LogP contribution in [0.4, 0.5) is 10.2 Å². The number of nitrogens with one attached hydrogen (secondary N) is 1. The van der Waals surface area contributed by atoms with Gasteiger partial charge >= 0.3 is 0 Å². The zero-order chi connectivity index (χ0) is 17.1. The van der Waals surface area contributed by atoms with Crippen LogP contribution < -0.4 is 5.32 Å². The van der Waals surface area contributed by atoms with Crippen molar-refractivity contribution in [1.82, 2.24) is 4.98 Å². The van der Waals surface area contributed by atoms with Gasteiger partial charge in [0.25, 0.3) is 0 Å². The van der Waals surface area contributed by atoms with E-state index in [1.165, 1.54) is 12.1 Å². The molecule has 0 unspecified atom stereocenters. The summed E-state index contributed by atoms with van der Waals surface area (Å²) in [4.78, 5) is 4.45. The Labute approximate surface area is 143 Å². The van der Waals surface area contributed by atoms with E-state index in [1.807, 2.05) is 6.07 Å². The number of benzene rings is 2. The van der Waals surface area contributed by atoms with E-state index in [0.717, 1.165) is 10.9 Å². The molecule has 0 saturated carbocycles. The van der Waals surface area contributed by atoms with Gasteiger partial charge in [0.2, 0.25) is 0 Å². The molecule has 3 aromatic rings. The molecule has 0 bridgehead atoms. The molecule has 6 heteroatoms. The minimum atomic E-state index is -0.537. The van der Waals surface area contributed by atoms with Gasteiger partial charge in [-0.1, -0.05) is 17.7 Å². The van der Waals surface area contributed by atoms with E-state index < -0.39 is 11.9 Å². The summed E-state index contributed by atoms with van der Waals surface area (Å²) in [5, 5.41) is 22.5. The van der Waals surface area contributed by atoms with Crippen molar-refractivity contribution >= 4 is 28.3 Å². The van der Waals surface area contributed by atoms with E-state index in [1.54, 1.807) is 30.3 Å². The molecule has 2 aromatic carbocycles. The van der Waals surface area contributed by atoms with Gasteiger partial charge in [-0.25, -0.2) is 9.37 Å². The molecular weight excluding hydrogens is 329 g/mol. The van der Waals surface area contributed by atoms with Gasteiger partial charge in [0.05, 0.1) is 34.8 Å². The number of aliphatic hydroxyl groups is 1. The second-order valence-corrected chi connectivity index (χ2v) is 5.68. The molecule has 1 aromatic heterocycles. The standard InChI is InChI=1S/C18H13ClFN3O/c19-14-4-2-13(8-15(14)20)17(10-24)23-18-6-3-12-7-11(9-21)1-5-16(12)22-18/h1-8,17,24H,10H2,(H,22,23)/t17-/m0/s1. The highest BCUT2D eigenvalue weighted by molar-refractivity contribution is 6.30. The van der Waals surface area contributed by atoms with Crippen molar-refractivity contribution in [3.05, 3.63) is 70.5 Å². The lowest BCUT2D eigenvalue weighted by Crippen LogP contribution is -2.15. The first-order valence-corrected chi connectivity index (χ1v) is 7.62. The quantitative estimate of drug-likeness (QED) is 0.751. The van der Waals surface area contributed by atoms with E-state index in [9.17, 15) is 9.50 Å². The lowest BCUT2D eigenvalue weighted by atomic mass is 10.1. The summed E-state index contributed by atoms with van der Waals surface area (Å²) in [5.74, 6) is 0.00605. The minimum absolute atomic E-state index is 0.0348. The van der Waals surface area contributed by atoms with Crippen LogP contribution in [-0.4, -0.2) is 16.7 Å². The summed E-state index contributed by atoms with van der Waals surface area (Å²) < 4.78 is 13.6. The summed E-state index contributed by atoms with van der Waals surface area (Å²) in [6.45, 7) is -0.228. The predicted octanol–water partition coefficient (Wildman–Crippen LogP) is 4.04. The Balaban J connectivity index is 1.89. The van der Waals surface area contributed by atoms with Crippen molar-refractivity contribution in [3.63, 3.8) is 0 Å². The Morgan fingerprint density at radius 2 is 2.04 bits per heavy atom. The Kier molecular flexibility index (Phi) is 4.61. The van der Waals surface area contributed by atoms with Crippen molar-refractivity contribution in [2.75, 3.05) is 11.9 Å². The number of fused-ring (bicyclic) bond motifs is 1. The number of nitriles is 1. The van der Waals surface area contributed by atoms with E-state index in [-0.39, 0.29) is 11.6 Å². The number of halogens is 2. The van der Waals surface area contributed by atoms with Gasteiger partial charge in [0.1, 0.15) is 11.6 Å². The topological polar surface area (TPSA) is 68.9 Å². The maximum absolute atomic E-state index is 13.6. The zero-order valence-corrected chi connectivity index (χ0v) is 13.3. The van der Waals surface area contributed by atoms with Crippen LogP contribution in [0.5, 0.6) is 0 Å². The van der Waals surface area contributed by atoms with E-state index in [4.69, 9.17) is 16.9 Å². The zero-order valence-electron chi connectivity index (χ0n) is 12.5. The molecule has 4 nitrogen and oxygen atoms in total. The van der Waals surface area contributed by atoms with Gasteiger partial charge in [-0.05, 0) is 48.0 Å². The van der Waals surface area contributed by atoms with Crippen molar-refractivity contribution in [1.29, 1.82) is 5.26 Å². The third-order valence-corrected chi connectivity index (χ3v) is 3.98. The van der Waals surface area contributed by atoms with Gasteiger partial charge in [0, 0.05) is 5.39 Å². The van der Waals surface area contributed by atoms with Crippen molar-refractivity contribution in [3.8, 4) is 6.07 Å². The molecule has 0 spiro atoms. The predicted molar refractivity (Wildman–Crippen MR) is 91.3 cm³/mol. The maximum atomic E-state index is 13.6. The summed E-state index contributed by atoms with van der Waals surface area (Å²) in [6, 6.07) is 14.8. The fourth-order valence-corrected chi connectivity index (χ4v) is 2.54. The van der Waals surface area contributed by atoms with Gasteiger partial charge in [0.15, 0.2) is 0 Å². The maximum Gasteiger partial charge on any atom is 0.142 e. The number of aromatic nitrogens is 1. The van der Waals surface area contributed by atoms with Gasteiger partial charge < -0.3 is 10.4 Å². The highest BCUT2D eigenvalue weighted by Gasteiger charge is 2.13. The first-order valence-electron chi connectivity index (χ1n) is 7.24. The second kappa shape index (κ2) is 6.83. The van der Waals surface area contributed by atoms with Crippen LogP contribution in [0, 0.1) is 17.1 Å². The smallest absolute Gasteiger partial charge is 0.142 e. The van der Waals surface area contributed by atoms with Crippen molar-refractivity contribution < 1.29 is 9.50 Å². The molecule has 1 atom stereocenters. The molecule has 0 saturated heterocycles. The molecule has 3 rings (SSSR count). The fourth-order valence-electron chi connectivity index (χ4n) is 2.42. The van der Waals surface area contributed by atoms with Crippen molar-refractivity contribution in [2.45, 2.75) is 6.04 Å². The molecule has 24 heavy (non-hydrogen) atoms. The Hall–Kier alpha value is -2.68. The number of rotatable bonds is 4.